The molecule has 2 saturated carbocycles. The van der Waals surface area contributed by atoms with Crippen molar-refractivity contribution in [1.82, 2.24) is 5.32 Å². The molecule has 194 valence electrons. The van der Waals surface area contributed by atoms with Crippen LogP contribution in [0.2, 0.25) is 0 Å². The first kappa shape index (κ1) is 26.1. The van der Waals surface area contributed by atoms with Crippen molar-refractivity contribution in [1.29, 1.82) is 0 Å². The third-order valence-corrected chi connectivity index (χ3v) is 7.75. The first-order valence-corrected chi connectivity index (χ1v) is 12.6. The molecule has 2 aromatic carbocycles. The molecule has 0 aliphatic heterocycles. The van der Waals surface area contributed by atoms with Crippen LogP contribution < -0.4 is 10.1 Å². The molecule has 0 amide bonds. The van der Waals surface area contributed by atoms with Gasteiger partial charge in [0.25, 0.3) is 0 Å². The highest BCUT2D eigenvalue weighted by molar-refractivity contribution is 5.89. The minimum atomic E-state index is -4.65. The molecule has 2 aromatic rings. The van der Waals surface area contributed by atoms with Crippen LogP contribution in [0.15, 0.2) is 30.3 Å². The van der Waals surface area contributed by atoms with Gasteiger partial charge >= 0.3 is 12.4 Å². The van der Waals surface area contributed by atoms with Crippen LogP contribution in [-0.2, 0) is 12.7 Å². The van der Waals surface area contributed by atoms with Crippen molar-refractivity contribution in [2.24, 2.45) is 11.8 Å². The minimum absolute atomic E-state index is 0.0445. The first-order valence-electron chi connectivity index (χ1n) is 12.6. The van der Waals surface area contributed by atoms with E-state index in [0.717, 1.165) is 5.56 Å². The maximum atomic E-state index is 14.1. The summed E-state index contributed by atoms with van der Waals surface area (Å²) in [5.74, 6) is -1.09. The Morgan fingerprint density at radius 1 is 0.886 bits per heavy atom. The van der Waals surface area contributed by atoms with Gasteiger partial charge in [0.15, 0.2) is 0 Å². The van der Waals surface area contributed by atoms with E-state index >= 15 is 0 Å². The van der Waals surface area contributed by atoms with Crippen molar-refractivity contribution < 1.29 is 31.1 Å². The molecule has 1 atom stereocenters. The van der Waals surface area contributed by atoms with Crippen LogP contribution in [0, 0.1) is 11.8 Å². The van der Waals surface area contributed by atoms with E-state index in [1.54, 1.807) is 18.2 Å². The molecule has 0 aromatic heterocycles. The number of alkyl halides is 6. The third-order valence-electron chi connectivity index (χ3n) is 7.75. The zero-order chi connectivity index (χ0) is 25.2. The average Bonchev–Trinajstić information content (AvgIpc) is 2.82. The summed E-state index contributed by atoms with van der Waals surface area (Å²) in [5.41, 5.74) is 0.0513. The van der Waals surface area contributed by atoms with E-state index in [-0.39, 0.29) is 36.8 Å². The summed E-state index contributed by atoms with van der Waals surface area (Å²) < 4.78 is 86.6. The maximum absolute atomic E-state index is 14.1. The summed E-state index contributed by atoms with van der Waals surface area (Å²) in [5, 5.41) is 4.04. The molecule has 35 heavy (non-hydrogen) atoms. The highest BCUT2D eigenvalue weighted by Gasteiger charge is 2.42. The van der Waals surface area contributed by atoms with Gasteiger partial charge in [-0.1, -0.05) is 37.5 Å². The van der Waals surface area contributed by atoms with Crippen LogP contribution in [0.25, 0.3) is 10.8 Å². The number of hydrogen-bond donors (Lipinski definition) is 1. The quantitative estimate of drug-likeness (QED) is 0.401. The number of halogens is 6. The lowest BCUT2D eigenvalue weighted by Crippen LogP contribution is -2.34. The Morgan fingerprint density at radius 3 is 2.20 bits per heavy atom. The Kier molecular flexibility index (Phi) is 7.89. The SMILES string of the molecule is CC(NCc1ccc2c(C(F)(F)F)c(OC3CCC(C(F)(F)F)CC3)ccc2c1)C1CCCCC1. The standard InChI is InChI=1S/C27H33F6NO/c1-17(19-5-3-2-4-6-19)34-16-18-7-13-23-20(15-18)8-14-24(25(23)27(31,32)33)35-22-11-9-21(10-12-22)26(28,29)30/h7-8,13-15,17,19,21-22,34H,2-6,9-12,16H2,1H3. The maximum Gasteiger partial charge on any atom is 0.420 e. The Bertz CT molecular complexity index is 988. The largest absolute Gasteiger partial charge is 0.490 e. The topological polar surface area (TPSA) is 21.3 Å². The average molecular weight is 502 g/mol. The normalized spacial score (nSPS) is 23.4. The van der Waals surface area contributed by atoms with Gasteiger partial charge in [-0.2, -0.15) is 26.3 Å². The van der Waals surface area contributed by atoms with Gasteiger partial charge in [0, 0.05) is 12.6 Å². The zero-order valence-corrected chi connectivity index (χ0v) is 19.9. The number of fused-ring (bicyclic) bond motifs is 1. The summed E-state index contributed by atoms with van der Waals surface area (Å²) in [4.78, 5) is 0. The Labute approximate surface area is 202 Å². The van der Waals surface area contributed by atoms with Gasteiger partial charge in [-0.05, 0) is 79.8 Å². The van der Waals surface area contributed by atoms with Crippen LogP contribution in [0.5, 0.6) is 5.75 Å². The fourth-order valence-electron chi connectivity index (χ4n) is 5.63. The molecule has 0 heterocycles. The van der Waals surface area contributed by atoms with E-state index in [0.29, 0.717) is 23.9 Å². The van der Waals surface area contributed by atoms with Gasteiger partial charge < -0.3 is 10.1 Å². The molecule has 2 aliphatic rings. The van der Waals surface area contributed by atoms with Gasteiger partial charge in [-0.25, -0.2) is 0 Å². The molecule has 4 rings (SSSR count). The van der Waals surface area contributed by atoms with Gasteiger partial charge in [0.2, 0.25) is 0 Å². The van der Waals surface area contributed by atoms with Crippen LogP contribution in [0.3, 0.4) is 0 Å². The van der Waals surface area contributed by atoms with Crippen molar-refractivity contribution in [2.45, 2.75) is 95.8 Å². The number of nitrogens with one attached hydrogen (secondary N) is 1. The molecule has 1 N–H and O–H groups in total. The van der Waals surface area contributed by atoms with E-state index in [9.17, 15) is 26.3 Å². The first-order chi connectivity index (χ1) is 16.5. The molecule has 8 heteroatoms. The predicted octanol–water partition coefficient (Wildman–Crippen LogP) is 8.42. The molecule has 0 radical (unpaired) electrons. The summed E-state index contributed by atoms with van der Waals surface area (Å²) in [7, 11) is 0. The fourth-order valence-corrected chi connectivity index (χ4v) is 5.63. The van der Waals surface area contributed by atoms with Gasteiger partial charge in [0.05, 0.1) is 12.0 Å². The van der Waals surface area contributed by atoms with Crippen molar-refractivity contribution in [3.05, 3.63) is 41.5 Å². The van der Waals surface area contributed by atoms with E-state index in [1.165, 1.54) is 44.2 Å². The summed E-state index contributed by atoms with van der Waals surface area (Å²) in [6, 6.07) is 8.21. The van der Waals surface area contributed by atoms with Gasteiger partial charge in [-0.15, -0.1) is 0 Å². The molecular weight excluding hydrogens is 468 g/mol. The third kappa shape index (κ3) is 6.43. The second kappa shape index (κ2) is 10.6. The smallest absolute Gasteiger partial charge is 0.420 e. The fraction of sp³-hybridized carbons (Fsp3) is 0.630. The molecule has 2 nitrogen and oxygen atoms in total. The number of hydrogen-bond acceptors (Lipinski definition) is 2. The minimum Gasteiger partial charge on any atom is -0.490 e. The van der Waals surface area contributed by atoms with Gasteiger partial charge in [0.1, 0.15) is 11.3 Å². The van der Waals surface area contributed by atoms with Crippen LogP contribution in [0.4, 0.5) is 26.3 Å². The summed E-state index contributed by atoms with van der Waals surface area (Å²) in [6.07, 6.45) is -3.44. The lowest BCUT2D eigenvalue weighted by molar-refractivity contribution is -0.185. The van der Waals surface area contributed by atoms with Gasteiger partial charge in [-0.3, -0.25) is 0 Å². The lowest BCUT2D eigenvalue weighted by atomic mass is 9.84. The zero-order valence-electron chi connectivity index (χ0n) is 19.9. The molecule has 0 saturated heterocycles. The van der Waals surface area contributed by atoms with Crippen molar-refractivity contribution >= 4 is 10.8 Å². The molecular formula is C27H33F6NO. The van der Waals surface area contributed by atoms with Crippen molar-refractivity contribution in [3.63, 3.8) is 0 Å². The summed E-state index contributed by atoms with van der Waals surface area (Å²) >= 11 is 0. The van der Waals surface area contributed by atoms with E-state index in [1.807, 2.05) is 0 Å². The van der Waals surface area contributed by atoms with E-state index in [2.05, 4.69) is 12.2 Å². The number of ether oxygens (including phenoxy) is 1. The molecule has 2 aliphatic carbocycles. The Balaban J connectivity index is 1.48. The van der Waals surface area contributed by atoms with Crippen LogP contribution in [-0.4, -0.2) is 18.3 Å². The van der Waals surface area contributed by atoms with E-state index < -0.39 is 29.9 Å². The number of benzene rings is 2. The molecule has 1 unspecified atom stereocenters. The Morgan fingerprint density at radius 2 is 1.57 bits per heavy atom. The highest BCUT2D eigenvalue weighted by atomic mass is 19.4. The summed E-state index contributed by atoms with van der Waals surface area (Å²) in [6.45, 7) is 2.75. The lowest BCUT2D eigenvalue weighted by Gasteiger charge is -2.31. The highest BCUT2D eigenvalue weighted by Crippen LogP contribution is 2.44. The van der Waals surface area contributed by atoms with Crippen LogP contribution >= 0.6 is 0 Å². The monoisotopic (exact) mass is 501 g/mol. The number of rotatable bonds is 6. The second-order valence-corrected chi connectivity index (χ2v) is 10.2. The van der Waals surface area contributed by atoms with Crippen molar-refractivity contribution in [3.8, 4) is 5.75 Å². The van der Waals surface area contributed by atoms with E-state index in [4.69, 9.17) is 4.74 Å². The second-order valence-electron chi connectivity index (χ2n) is 10.2. The molecule has 0 bridgehead atoms. The predicted molar refractivity (Wildman–Crippen MR) is 124 cm³/mol. The molecule has 2 fully saturated rings. The molecule has 0 spiro atoms. The Hall–Kier alpha value is -1.96. The van der Waals surface area contributed by atoms with Crippen LogP contribution in [0.1, 0.15) is 75.8 Å². The van der Waals surface area contributed by atoms with Crippen molar-refractivity contribution in [2.75, 3.05) is 0 Å².